The Morgan fingerprint density at radius 1 is 1.20 bits per heavy atom. The van der Waals surface area contributed by atoms with Crippen molar-refractivity contribution in [2.75, 3.05) is 7.11 Å². The minimum Gasteiger partial charge on any atom is -0.496 e. The highest BCUT2D eigenvalue weighted by Crippen LogP contribution is 2.31. The summed E-state index contributed by atoms with van der Waals surface area (Å²) in [7, 11) is 1.54. The fraction of sp³-hybridized carbons (Fsp3) is 0.200. The lowest BCUT2D eigenvalue weighted by Crippen LogP contribution is -2.06. The zero-order chi connectivity index (χ0) is 18.6. The molecule has 0 unspecified atom stereocenters. The molecule has 2 rings (SSSR count). The summed E-state index contributed by atoms with van der Waals surface area (Å²) in [4.78, 5) is 23.3. The number of carboxylic acids is 1. The third kappa shape index (κ3) is 4.57. The van der Waals surface area contributed by atoms with Gasteiger partial charge in [0.15, 0.2) is 5.78 Å². The van der Waals surface area contributed by atoms with Gasteiger partial charge in [-0.25, -0.2) is 0 Å². The van der Waals surface area contributed by atoms with Crippen molar-refractivity contribution < 1.29 is 19.4 Å². The predicted molar refractivity (Wildman–Crippen MR) is 101 cm³/mol. The van der Waals surface area contributed by atoms with Gasteiger partial charge in [-0.1, -0.05) is 15.9 Å². The lowest BCUT2D eigenvalue weighted by Gasteiger charge is -2.15. The minimum atomic E-state index is -0.887. The monoisotopic (exact) mass is 402 g/mol. The van der Waals surface area contributed by atoms with E-state index in [0.717, 1.165) is 26.7 Å². The van der Waals surface area contributed by atoms with Gasteiger partial charge in [-0.2, -0.15) is 0 Å². The molecule has 0 aliphatic rings. The molecule has 0 atom stereocenters. The zero-order valence-corrected chi connectivity index (χ0v) is 15.9. The molecule has 0 amide bonds. The number of carboxylic acid groups (broad SMARTS) is 1. The van der Waals surface area contributed by atoms with Crippen LogP contribution >= 0.6 is 15.9 Å². The van der Waals surface area contributed by atoms with Gasteiger partial charge in [-0.3, -0.25) is 9.59 Å². The second kappa shape index (κ2) is 8.12. The number of benzene rings is 2. The molecule has 0 spiro atoms. The predicted octanol–water partition coefficient (Wildman–Crippen LogP) is 4.60. The number of hydrogen-bond acceptors (Lipinski definition) is 3. The summed E-state index contributed by atoms with van der Waals surface area (Å²) in [5, 5.41) is 9.07. The van der Waals surface area contributed by atoms with Crippen LogP contribution in [0.4, 0.5) is 0 Å². The van der Waals surface area contributed by atoms with Crippen molar-refractivity contribution in [1.82, 2.24) is 0 Å². The molecule has 0 fully saturated rings. The van der Waals surface area contributed by atoms with Gasteiger partial charge < -0.3 is 9.84 Å². The first kappa shape index (κ1) is 18.9. The molecule has 0 radical (unpaired) electrons. The maximum absolute atomic E-state index is 12.3. The van der Waals surface area contributed by atoms with Crippen LogP contribution in [0.15, 0.2) is 40.9 Å². The zero-order valence-electron chi connectivity index (χ0n) is 14.3. The number of carbonyl (C=O) groups excluding carboxylic acids is 1. The van der Waals surface area contributed by atoms with Crippen LogP contribution in [0.2, 0.25) is 0 Å². The minimum absolute atomic E-state index is 0.0597. The molecule has 4 nitrogen and oxygen atoms in total. The Hall–Kier alpha value is -2.40. The first-order chi connectivity index (χ1) is 11.8. The number of ketones is 1. The number of methoxy groups -OCH3 is 1. The number of halogens is 1. The van der Waals surface area contributed by atoms with Crippen molar-refractivity contribution in [3.8, 4) is 5.75 Å². The van der Waals surface area contributed by atoms with Crippen LogP contribution in [0, 0.1) is 13.8 Å². The Morgan fingerprint density at radius 2 is 1.84 bits per heavy atom. The quantitative estimate of drug-likeness (QED) is 0.566. The first-order valence-electron chi connectivity index (χ1n) is 7.70. The van der Waals surface area contributed by atoms with E-state index in [4.69, 9.17) is 9.84 Å². The number of carbonyl (C=O) groups is 2. The van der Waals surface area contributed by atoms with Gasteiger partial charge in [0, 0.05) is 15.6 Å². The Kier molecular flexibility index (Phi) is 6.15. The van der Waals surface area contributed by atoms with Gasteiger partial charge in [0.2, 0.25) is 0 Å². The molecule has 0 heterocycles. The van der Waals surface area contributed by atoms with Gasteiger partial charge in [0.25, 0.3) is 0 Å². The SMILES string of the molecule is COc1c(C=CC(=O)c2ccc(Br)cc2)cc(C)c(CC(=O)O)c1C. The average Bonchev–Trinajstić information content (AvgIpc) is 2.56. The maximum atomic E-state index is 12.3. The summed E-state index contributed by atoms with van der Waals surface area (Å²) in [6.45, 7) is 3.69. The summed E-state index contributed by atoms with van der Waals surface area (Å²) in [6.07, 6.45) is 3.14. The molecule has 0 saturated carbocycles. The van der Waals surface area contributed by atoms with E-state index in [1.165, 1.54) is 13.2 Å². The van der Waals surface area contributed by atoms with Crippen molar-refractivity contribution in [1.29, 1.82) is 0 Å². The highest BCUT2D eigenvalue weighted by atomic mass is 79.9. The van der Waals surface area contributed by atoms with Crippen LogP contribution in [0.1, 0.15) is 32.6 Å². The van der Waals surface area contributed by atoms with Crippen molar-refractivity contribution in [3.63, 3.8) is 0 Å². The van der Waals surface area contributed by atoms with E-state index < -0.39 is 5.97 Å². The molecular formula is C20H19BrO4. The van der Waals surface area contributed by atoms with E-state index in [-0.39, 0.29) is 12.2 Å². The Bertz CT molecular complexity index is 836. The van der Waals surface area contributed by atoms with E-state index in [1.54, 1.807) is 18.2 Å². The highest BCUT2D eigenvalue weighted by molar-refractivity contribution is 9.10. The van der Waals surface area contributed by atoms with Gasteiger partial charge in [0.1, 0.15) is 5.75 Å². The Balaban J connectivity index is 2.37. The summed E-state index contributed by atoms with van der Waals surface area (Å²) in [5.41, 5.74) is 3.71. The second-order valence-corrected chi connectivity index (χ2v) is 6.61. The highest BCUT2D eigenvalue weighted by Gasteiger charge is 2.15. The van der Waals surface area contributed by atoms with Crippen LogP contribution in [0.25, 0.3) is 6.08 Å². The van der Waals surface area contributed by atoms with Crippen molar-refractivity contribution in [2.24, 2.45) is 0 Å². The standard InChI is InChI=1S/C20H19BrO4/c1-12-10-15(20(25-3)13(2)17(12)11-19(23)24)6-9-18(22)14-4-7-16(21)8-5-14/h4-10H,11H2,1-3H3,(H,23,24). The number of hydrogen-bond donors (Lipinski definition) is 1. The summed E-state index contributed by atoms with van der Waals surface area (Å²) in [6, 6.07) is 8.98. The fourth-order valence-electron chi connectivity index (χ4n) is 2.73. The van der Waals surface area contributed by atoms with E-state index in [9.17, 15) is 9.59 Å². The number of rotatable bonds is 6. The van der Waals surface area contributed by atoms with E-state index >= 15 is 0 Å². The van der Waals surface area contributed by atoms with E-state index in [1.807, 2.05) is 32.0 Å². The molecular weight excluding hydrogens is 384 g/mol. The summed E-state index contributed by atoms with van der Waals surface area (Å²) >= 11 is 3.34. The van der Waals surface area contributed by atoms with Gasteiger partial charge in [-0.05, 0) is 73.0 Å². The molecule has 0 aliphatic heterocycles. The number of aryl methyl sites for hydroxylation is 1. The molecule has 2 aromatic rings. The van der Waals surface area contributed by atoms with Crippen LogP contribution in [-0.4, -0.2) is 24.0 Å². The Labute approximate surface area is 155 Å². The molecule has 1 N–H and O–H groups in total. The summed E-state index contributed by atoms with van der Waals surface area (Å²) < 4.78 is 6.36. The van der Waals surface area contributed by atoms with Crippen LogP contribution in [-0.2, 0) is 11.2 Å². The van der Waals surface area contributed by atoms with Gasteiger partial charge >= 0.3 is 5.97 Å². The van der Waals surface area contributed by atoms with Crippen LogP contribution in [0.5, 0.6) is 5.75 Å². The molecule has 130 valence electrons. The molecule has 0 saturated heterocycles. The average molecular weight is 403 g/mol. The fourth-order valence-corrected chi connectivity index (χ4v) is 2.99. The lowest BCUT2D eigenvalue weighted by molar-refractivity contribution is -0.136. The van der Waals surface area contributed by atoms with Crippen molar-refractivity contribution in [2.45, 2.75) is 20.3 Å². The lowest BCUT2D eigenvalue weighted by atomic mass is 9.95. The second-order valence-electron chi connectivity index (χ2n) is 5.69. The molecule has 0 aromatic heterocycles. The van der Waals surface area contributed by atoms with E-state index in [2.05, 4.69) is 15.9 Å². The van der Waals surface area contributed by atoms with Gasteiger partial charge in [-0.15, -0.1) is 0 Å². The van der Waals surface area contributed by atoms with Crippen LogP contribution in [0.3, 0.4) is 0 Å². The van der Waals surface area contributed by atoms with E-state index in [0.29, 0.717) is 11.3 Å². The van der Waals surface area contributed by atoms with Crippen molar-refractivity contribution >= 4 is 33.8 Å². The number of allylic oxidation sites excluding steroid dienone is 1. The molecule has 0 bridgehead atoms. The maximum Gasteiger partial charge on any atom is 0.307 e. The van der Waals surface area contributed by atoms with Crippen LogP contribution < -0.4 is 4.74 Å². The number of ether oxygens (including phenoxy) is 1. The smallest absolute Gasteiger partial charge is 0.307 e. The summed E-state index contributed by atoms with van der Waals surface area (Å²) in [5.74, 6) is -0.414. The normalized spacial score (nSPS) is 10.9. The molecule has 2 aromatic carbocycles. The van der Waals surface area contributed by atoms with Gasteiger partial charge in [0.05, 0.1) is 13.5 Å². The molecule has 25 heavy (non-hydrogen) atoms. The third-order valence-electron chi connectivity index (χ3n) is 3.98. The molecule has 0 aliphatic carbocycles. The molecule has 5 heteroatoms. The first-order valence-corrected chi connectivity index (χ1v) is 8.49. The largest absolute Gasteiger partial charge is 0.496 e. The van der Waals surface area contributed by atoms with Crippen molar-refractivity contribution in [3.05, 3.63) is 68.7 Å². The third-order valence-corrected chi connectivity index (χ3v) is 4.51. The topological polar surface area (TPSA) is 63.6 Å². The Morgan fingerprint density at radius 3 is 2.40 bits per heavy atom. The number of aliphatic carboxylic acids is 1.